The number of ether oxygens (including phenoxy) is 1. The third kappa shape index (κ3) is 5.33. The van der Waals surface area contributed by atoms with E-state index in [-0.39, 0.29) is 5.60 Å². The summed E-state index contributed by atoms with van der Waals surface area (Å²) in [4.78, 5) is 2.44. The molecule has 0 aliphatic heterocycles. The number of hydrogen-bond donors (Lipinski definition) is 0. The van der Waals surface area contributed by atoms with Gasteiger partial charge in [0.1, 0.15) is 0 Å². The second kappa shape index (κ2) is 7.39. The summed E-state index contributed by atoms with van der Waals surface area (Å²) in [5.41, 5.74) is 2.52. The highest BCUT2D eigenvalue weighted by Crippen LogP contribution is 2.16. The predicted octanol–water partition coefficient (Wildman–Crippen LogP) is 4.11. The van der Waals surface area contributed by atoms with Crippen molar-refractivity contribution in [3.05, 3.63) is 71.8 Å². The lowest BCUT2D eigenvalue weighted by Crippen LogP contribution is -2.39. The third-order valence-electron chi connectivity index (χ3n) is 3.65. The third-order valence-corrected chi connectivity index (χ3v) is 3.65. The fourth-order valence-corrected chi connectivity index (χ4v) is 2.45. The molecule has 0 spiro atoms. The summed E-state index contributed by atoms with van der Waals surface area (Å²) in [7, 11) is 1.78. The second-order valence-electron chi connectivity index (χ2n) is 6.08. The summed E-state index contributed by atoms with van der Waals surface area (Å²) in [6, 6.07) is 21.2. The van der Waals surface area contributed by atoms with Crippen molar-refractivity contribution < 1.29 is 4.74 Å². The Morgan fingerprint density at radius 3 is 1.62 bits per heavy atom. The number of benzene rings is 2. The van der Waals surface area contributed by atoms with Crippen LogP contribution in [0.4, 0.5) is 0 Å². The van der Waals surface area contributed by atoms with Crippen molar-refractivity contribution >= 4 is 0 Å². The van der Waals surface area contributed by atoms with Crippen LogP contribution >= 0.6 is 0 Å². The normalized spacial score (nSPS) is 11.8. The standard InChI is InChI=1S/C19H25NO/c1-19(2,21-3)16-20(14-17-10-6-4-7-11-17)15-18-12-8-5-9-13-18/h4-13H,14-16H2,1-3H3. The van der Waals surface area contributed by atoms with Crippen molar-refractivity contribution in [1.82, 2.24) is 4.90 Å². The SMILES string of the molecule is COC(C)(C)CN(Cc1ccccc1)Cc1ccccc1. The molecule has 21 heavy (non-hydrogen) atoms. The summed E-state index contributed by atoms with van der Waals surface area (Å²) in [5.74, 6) is 0. The van der Waals surface area contributed by atoms with Crippen molar-refractivity contribution in [2.24, 2.45) is 0 Å². The lowest BCUT2D eigenvalue weighted by atomic mass is 10.1. The molecule has 0 fully saturated rings. The van der Waals surface area contributed by atoms with Crippen LogP contribution in [0.15, 0.2) is 60.7 Å². The first kappa shape index (κ1) is 15.7. The Morgan fingerprint density at radius 1 is 0.810 bits per heavy atom. The summed E-state index contributed by atoms with van der Waals surface area (Å²) in [5, 5.41) is 0. The number of hydrogen-bond acceptors (Lipinski definition) is 2. The van der Waals surface area contributed by atoms with Gasteiger partial charge in [-0.25, -0.2) is 0 Å². The smallest absolute Gasteiger partial charge is 0.0749 e. The number of methoxy groups -OCH3 is 1. The highest BCUT2D eigenvalue weighted by molar-refractivity contribution is 5.17. The molecular formula is C19H25NO. The molecule has 0 atom stereocenters. The van der Waals surface area contributed by atoms with Crippen molar-refractivity contribution in [2.45, 2.75) is 32.5 Å². The first-order valence-electron chi connectivity index (χ1n) is 7.44. The number of rotatable bonds is 7. The molecule has 0 aliphatic carbocycles. The molecule has 112 valence electrons. The lowest BCUT2D eigenvalue weighted by Gasteiger charge is -2.32. The molecule has 2 aromatic carbocycles. The molecule has 2 heteroatoms. The van der Waals surface area contributed by atoms with Crippen molar-refractivity contribution in [1.29, 1.82) is 0 Å². The largest absolute Gasteiger partial charge is 0.377 e. The average molecular weight is 283 g/mol. The Hall–Kier alpha value is -1.64. The zero-order valence-corrected chi connectivity index (χ0v) is 13.3. The first-order valence-corrected chi connectivity index (χ1v) is 7.44. The molecule has 0 radical (unpaired) electrons. The Morgan fingerprint density at radius 2 is 1.24 bits per heavy atom. The van der Waals surface area contributed by atoms with Crippen molar-refractivity contribution in [3.63, 3.8) is 0 Å². The molecule has 2 aromatic rings. The van der Waals surface area contributed by atoms with Crippen LogP contribution in [0.3, 0.4) is 0 Å². The highest BCUT2D eigenvalue weighted by atomic mass is 16.5. The van der Waals surface area contributed by atoms with E-state index in [1.807, 2.05) is 0 Å². The van der Waals surface area contributed by atoms with Crippen molar-refractivity contribution in [2.75, 3.05) is 13.7 Å². The van der Waals surface area contributed by atoms with Gasteiger partial charge in [0.25, 0.3) is 0 Å². The molecular weight excluding hydrogens is 258 g/mol. The van der Waals surface area contributed by atoms with Gasteiger partial charge in [-0.2, -0.15) is 0 Å². The topological polar surface area (TPSA) is 12.5 Å². The Kier molecular flexibility index (Phi) is 5.54. The van der Waals surface area contributed by atoms with Gasteiger partial charge >= 0.3 is 0 Å². The van der Waals surface area contributed by atoms with Crippen molar-refractivity contribution in [3.8, 4) is 0 Å². The minimum atomic E-state index is -0.149. The van der Waals surface area contributed by atoms with E-state index < -0.39 is 0 Å². The maximum Gasteiger partial charge on any atom is 0.0749 e. The monoisotopic (exact) mass is 283 g/mol. The summed E-state index contributed by atoms with van der Waals surface area (Å²) >= 11 is 0. The molecule has 0 aliphatic rings. The predicted molar refractivity (Wildman–Crippen MR) is 88.1 cm³/mol. The van der Waals surface area contributed by atoms with E-state index in [2.05, 4.69) is 79.4 Å². The van der Waals surface area contributed by atoms with Crippen LogP contribution in [0, 0.1) is 0 Å². The average Bonchev–Trinajstić information content (AvgIpc) is 2.49. The van der Waals surface area contributed by atoms with Gasteiger partial charge in [-0.05, 0) is 25.0 Å². The maximum absolute atomic E-state index is 5.60. The molecule has 0 N–H and O–H groups in total. The van der Waals surface area contributed by atoms with E-state index in [1.165, 1.54) is 11.1 Å². The Labute approximate surface area is 128 Å². The zero-order chi connectivity index (χ0) is 15.1. The van der Waals surface area contributed by atoms with Gasteiger partial charge in [0, 0.05) is 26.7 Å². The molecule has 0 saturated heterocycles. The van der Waals surface area contributed by atoms with Crippen LogP contribution in [-0.2, 0) is 17.8 Å². The van der Waals surface area contributed by atoms with Gasteiger partial charge in [-0.15, -0.1) is 0 Å². The molecule has 0 aromatic heterocycles. The van der Waals surface area contributed by atoms with E-state index in [1.54, 1.807) is 7.11 Å². The molecule has 0 heterocycles. The van der Waals surface area contributed by atoms with Gasteiger partial charge < -0.3 is 4.74 Å². The molecule has 2 nitrogen and oxygen atoms in total. The van der Waals surface area contributed by atoms with Crippen LogP contribution in [0.1, 0.15) is 25.0 Å². The highest BCUT2D eigenvalue weighted by Gasteiger charge is 2.21. The van der Waals surface area contributed by atoms with Gasteiger partial charge in [-0.1, -0.05) is 60.7 Å². The molecule has 0 saturated carbocycles. The van der Waals surface area contributed by atoms with Crippen LogP contribution in [0.25, 0.3) is 0 Å². The summed E-state index contributed by atoms with van der Waals surface area (Å²) in [6.07, 6.45) is 0. The van der Waals surface area contributed by atoms with E-state index in [0.29, 0.717) is 0 Å². The molecule has 0 amide bonds. The minimum Gasteiger partial charge on any atom is -0.377 e. The van der Waals surface area contributed by atoms with Crippen LogP contribution in [0.2, 0.25) is 0 Å². The fraction of sp³-hybridized carbons (Fsp3) is 0.368. The van der Waals surface area contributed by atoms with E-state index >= 15 is 0 Å². The van der Waals surface area contributed by atoms with Gasteiger partial charge in [0.2, 0.25) is 0 Å². The Balaban J connectivity index is 2.10. The minimum absolute atomic E-state index is 0.149. The van der Waals surface area contributed by atoms with Gasteiger partial charge in [0.05, 0.1) is 5.60 Å². The lowest BCUT2D eigenvalue weighted by molar-refractivity contribution is -0.0115. The Bertz CT molecular complexity index is 480. The molecule has 0 bridgehead atoms. The van der Waals surface area contributed by atoms with Crippen LogP contribution < -0.4 is 0 Å². The number of nitrogens with zero attached hydrogens (tertiary/aromatic N) is 1. The maximum atomic E-state index is 5.60. The van der Waals surface area contributed by atoms with Gasteiger partial charge in [-0.3, -0.25) is 4.90 Å². The molecule has 0 unspecified atom stereocenters. The second-order valence-corrected chi connectivity index (χ2v) is 6.08. The van der Waals surface area contributed by atoms with Crippen LogP contribution in [-0.4, -0.2) is 24.2 Å². The summed E-state index contributed by atoms with van der Waals surface area (Å²) in [6.45, 7) is 7.03. The first-order chi connectivity index (χ1) is 10.1. The zero-order valence-electron chi connectivity index (χ0n) is 13.3. The van der Waals surface area contributed by atoms with Gasteiger partial charge in [0.15, 0.2) is 0 Å². The fourth-order valence-electron chi connectivity index (χ4n) is 2.45. The van der Waals surface area contributed by atoms with E-state index in [4.69, 9.17) is 4.74 Å². The van der Waals surface area contributed by atoms with E-state index in [9.17, 15) is 0 Å². The quantitative estimate of drug-likeness (QED) is 0.758. The molecule has 2 rings (SSSR count). The van der Waals surface area contributed by atoms with Crippen LogP contribution in [0.5, 0.6) is 0 Å². The summed E-state index contributed by atoms with van der Waals surface area (Å²) < 4.78 is 5.60. The van der Waals surface area contributed by atoms with E-state index in [0.717, 1.165) is 19.6 Å².